The Bertz CT molecular complexity index is 1290. The van der Waals surface area contributed by atoms with Crippen LogP contribution in [0.1, 0.15) is 31.9 Å². The molecule has 0 aliphatic carbocycles. The number of alkyl halides is 3. The van der Waals surface area contributed by atoms with Crippen molar-refractivity contribution in [1.29, 1.82) is 0 Å². The Labute approximate surface area is 187 Å². The van der Waals surface area contributed by atoms with Gasteiger partial charge in [0.2, 0.25) is 10.0 Å². The highest BCUT2D eigenvalue weighted by atomic mass is 35.5. The molecule has 0 aliphatic rings. The summed E-state index contributed by atoms with van der Waals surface area (Å²) in [5, 5.41) is 4.39. The second kappa shape index (κ2) is 8.38. The number of aromatic nitrogens is 3. The summed E-state index contributed by atoms with van der Waals surface area (Å²) in [7, 11) is -3.58. The monoisotopic (exact) mass is 488 g/mol. The molecule has 2 aromatic carbocycles. The van der Waals surface area contributed by atoms with Crippen molar-refractivity contribution in [3.05, 3.63) is 69.1 Å². The van der Waals surface area contributed by atoms with Crippen molar-refractivity contribution in [2.24, 2.45) is 0 Å². The van der Waals surface area contributed by atoms with Crippen molar-refractivity contribution >= 4 is 21.6 Å². The summed E-state index contributed by atoms with van der Waals surface area (Å²) in [6.45, 7) is 4.71. The molecule has 7 nitrogen and oxygen atoms in total. The molecule has 0 bridgehead atoms. The first-order valence-electron chi connectivity index (χ1n) is 9.34. The van der Waals surface area contributed by atoms with E-state index in [0.29, 0.717) is 11.1 Å². The maximum atomic E-state index is 12.8. The first-order chi connectivity index (χ1) is 14.7. The van der Waals surface area contributed by atoms with Crippen LogP contribution in [0.2, 0.25) is 5.02 Å². The molecule has 1 heterocycles. The molecule has 0 fully saturated rings. The molecule has 1 aromatic heterocycles. The van der Waals surface area contributed by atoms with E-state index in [0.717, 1.165) is 28.9 Å². The van der Waals surface area contributed by atoms with Crippen LogP contribution >= 0.6 is 11.6 Å². The highest BCUT2D eigenvalue weighted by Crippen LogP contribution is 2.30. The van der Waals surface area contributed by atoms with Crippen LogP contribution in [-0.2, 0) is 22.7 Å². The summed E-state index contributed by atoms with van der Waals surface area (Å²) in [5.74, 6) is 0.0837. The van der Waals surface area contributed by atoms with Crippen molar-refractivity contribution in [3.63, 3.8) is 0 Å². The lowest BCUT2D eigenvalue weighted by Crippen LogP contribution is -2.38. The Hall–Kier alpha value is -2.63. The van der Waals surface area contributed by atoms with Crippen LogP contribution in [0.5, 0.6) is 0 Å². The average Bonchev–Trinajstić information content (AvgIpc) is 3.07. The van der Waals surface area contributed by atoms with E-state index in [9.17, 15) is 26.4 Å². The normalized spacial score (nSPS) is 12.8. The maximum absolute atomic E-state index is 12.8. The number of nitrogens with one attached hydrogen (secondary N) is 2. The van der Waals surface area contributed by atoms with E-state index >= 15 is 0 Å². The van der Waals surface area contributed by atoms with E-state index in [2.05, 4.69) is 14.8 Å². The van der Waals surface area contributed by atoms with Crippen LogP contribution in [0.25, 0.3) is 17.1 Å². The van der Waals surface area contributed by atoms with Gasteiger partial charge in [0.15, 0.2) is 5.82 Å². The quantitative estimate of drug-likeness (QED) is 0.564. The lowest BCUT2D eigenvalue weighted by Gasteiger charge is -2.19. The number of sulfonamides is 1. The molecule has 0 atom stereocenters. The highest BCUT2D eigenvalue weighted by molar-refractivity contribution is 7.90. The fourth-order valence-corrected chi connectivity index (χ4v) is 3.67. The Morgan fingerprint density at radius 3 is 2.28 bits per heavy atom. The zero-order valence-corrected chi connectivity index (χ0v) is 18.9. The number of benzene rings is 2. The minimum atomic E-state index is -4.50. The fourth-order valence-electron chi connectivity index (χ4n) is 2.67. The summed E-state index contributed by atoms with van der Waals surface area (Å²) in [4.78, 5) is 14.9. The molecular formula is C20H20ClF3N4O3S. The number of nitrogens with zero attached hydrogens (tertiary/aromatic N) is 2. The number of aromatic amines is 1. The highest BCUT2D eigenvalue weighted by Gasteiger charge is 2.30. The van der Waals surface area contributed by atoms with Gasteiger partial charge in [0.25, 0.3) is 0 Å². The third-order valence-corrected chi connectivity index (χ3v) is 7.08. The van der Waals surface area contributed by atoms with Crippen LogP contribution in [0, 0.1) is 0 Å². The van der Waals surface area contributed by atoms with E-state index < -0.39 is 32.2 Å². The molecule has 3 aromatic rings. The van der Waals surface area contributed by atoms with Crippen LogP contribution in [0.15, 0.2) is 47.3 Å². The van der Waals surface area contributed by atoms with Gasteiger partial charge in [0.1, 0.15) is 0 Å². The van der Waals surface area contributed by atoms with Crippen LogP contribution < -0.4 is 10.4 Å². The van der Waals surface area contributed by atoms with Gasteiger partial charge >= 0.3 is 11.9 Å². The molecule has 3 rings (SSSR count). The first kappa shape index (κ1) is 24.0. The molecule has 0 unspecified atom stereocenters. The van der Waals surface area contributed by atoms with E-state index in [-0.39, 0.29) is 23.1 Å². The van der Waals surface area contributed by atoms with Crippen molar-refractivity contribution in [2.75, 3.05) is 0 Å². The van der Waals surface area contributed by atoms with E-state index in [1.807, 2.05) is 0 Å². The van der Waals surface area contributed by atoms with Gasteiger partial charge in [-0.2, -0.15) is 17.9 Å². The molecule has 0 saturated heterocycles. The maximum Gasteiger partial charge on any atom is 0.416 e. The number of halogens is 4. The second-order valence-electron chi connectivity index (χ2n) is 7.99. The molecule has 0 radical (unpaired) electrons. The summed E-state index contributed by atoms with van der Waals surface area (Å²) in [6.07, 6.45) is -4.50. The van der Waals surface area contributed by atoms with Crippen LogP contribution in [0.4, 0.5) is 13.2 Å². The number of hydrogen-bond acceptors (Lipinski definition) is 4. The van der Waals surface area contributed by atoms with Gasteiger partial charge in [0, 0.05) is 12.1 Å². The molecule has 0 aliphatic heterocycles. The van der Waals surface area contributed by atoms with E-state index in [1.165, 1.54) is 6.07 Å². The van der Waals surface area contributed by atoms with Gasteiger partial charge in [-0.1, -0.05) is 17.7 Å². The Morgan fingerprint density at radius 2 is 1.72 bits per heavy atom. The molecule has 32 heavy (non-hydrogen) atoms. The molecule has 0 spiro atoms. The van der Waals surface area contributed by atoms with E-state index in [4.69, 9.17) is 11.6 Å². The summed E-state index contributed by atoms with van der Waals surface area (Å²) < 4.78 is 65.3. The smallest absolute Gasteiger partial charge is 0.288 e. The number of rotatable bonds is 5. The lowest BCUT2D eigenvalue weighted by atomic mass is 10.1. The molecule has 2 N–H and O–H groups in total. The minimum absolute atomic E-state index is 0.00633. The second-order valence-corrected chi connectivity index (χ2v) is 10.9. The number of H-pyrrole nitrogens is 1. The Kier molecular flexibility index (Phi) is 6.29. The van der Waals surface area contributed by atoms with Crippen LogP contribution in [0.3, 0.4) is 0 Å². The third kappa shape index (κ3) is 5.05. The van der Waals surface area contributed by atoms with Crippen molar-refractivity contribution in [3.8, 4) is 17.1 Å². The topological polar surface area (TPSA) is 96.8 Å². The predicted molar refractivity (Wildman–Crippen MR) is 115 cm³/mol. The molecule has 12 heteroatoms. The summed E-state index contributed by atoms with van der Waals surface area (Å²) >= 11 is 6.24. The van der Waals surface area contributed by atoms with Crippen molar-refractivity contribution < 1.29 is 21.6 Å². The molecular weight excluding hydrogens is 469 g/mol. The SMILES string of the molecule is CC(C)(C)S(=O)(=O)NCc1ccc(Cl)c(-c2nn(-c3ccc(C(F)(F)F)cc3)c(=O)[nH]2)c1. The fraction of sp³-hybridized carbons (Fsp3) is 0.300. The largest absolute Gasteiger partial charge is 0.416 e. The van der Waals surface area contributed by atoms with E-state index in [1.54, 1.807) is 32.9 Å². The average molecular weight is 489 g/mol. The minimum Gasteiger partial charge on any atom is -0.288 e. The van der Waals surface area contributed by atoms with Crippen molar-refractivity contribution in [1.82, 2.24) is 19.5 Å². The first-order valence-corrected chi connectivity index (χ1v) is 11.2. The van der Waals surface area contributed by atoms with Gasteiger partial charge < -0.3 is 0 Å². The van der Waals surface area contributed by atoms with Gasteiger partial charge in [-0.25, -0.2) is 17.9 Å². The number of hydrogen-bond donors (Lipinski definition) is 2. The Balaban J connectivity index is 1.91. The third-order valence-electron chi connectivity index (χ3n) is 4.62. The Morgan fingerprint density at radius 1 is 1.09 bits per heavy atom. The lowest BCUT2D eigenvalue weighted by molar-refractivity contribution is -0.137. The summed E-state index contributed by atoms with van der Waals surface area (Å²) in [5.41, 5.74) is -0.479. The molecule has 0 amide bonds. The van der Waals surface area contributed by atoms with Gasteiger partial charge in [-0.15, -0.1) is 5.10 Å². The van der Waals surface area contributed by atoms with Gasteiger partial charge in [-0.3, -0.25) is 4.98 Å². The predicted octanol–water partition coefficient (Wildman–Crippen LogP) is 4.12. The summed E-state index contributed by atoms with van der Waals surface area (Å²) in [6, 6.07) is 8.70. The van der Waals surface area contributed by atoms with Crippen LogP contribution in [-0.4, -0.2) is 27.9 Å². The van der Waals surface area contributed by atoms with Gasteiger partial charge in [-0.05, 0) is 62.7 Å². The molecule has 172 valence electrons. The zero-order valence-electron chi connectivity index (χ0n) is 17.3. The molecule has 0 saturated carbocycles. The zero-order chi connectivity index (χ0) is 23.9. The van der Waals surface area contributed by atoms with Crippen molar-refractivity contribution in [2.45, 2.75) is 38.2 Å². The van der Waals surface area contributed by atoms with Gasteiger partial charge in [0.05, 0.1) is 21.0 Å². The standard InChI is InChI=1S/C20H20ClF3N4O3S/c1-19(2,3)32(30,31)25-11-12-4-9-16(21)15(10-12)17-26-18(29)28(27-17)14-7-5-13(6-8-14)20(22,23)24/h4-10,25H,11H2,1-3H3,(H,26,27,29).